The molecule has 4 aromatic rings. The van der Waals surface area contributed by atoms with Gasteiger partial charge in [0.25, 0.3) is 0 Å². The van der Waals surface area contributed by atoms with Crippen molar-refractivity contribution in [1.82, 2.24) is 9.78 Å². The van der Waals surface area contributed by atoms with E-state index in [0.29, 0.717) is 0 Å². The quantitative estimate of drug-likeness (QED) is 0.614. The van der Waals surface area contributed by atoms with E-state index in [4.69, 9.17) is 5.10 Å². The summed E-state index contributed by atoms with van der Waals surface area (Å²) in [6, 6.07) is 22.4. The molecule has 3 nitrogen and oxygen atoms in total. The van der Waals surface area contributed by atoms with E-state index in [0.717, 1.165) is 32.0 Å². The summed E-state index contributed by atoms with van der Waals surface area (Å²) in [5.41, 5.74) is 3.09. The van der Waals surface area contributed by atoms with E-state index in [1.165, 1.54) is 0 Å². The molecule has 22 heavy (non-hydrogen) atoms. The van der Waals surface area contributed by atoms with Crippen molar-refractivity contribution >= 4 is 22.2 Å². The molecule has 0 atom stereocenters. The molecule has 4 rings (SSSR count). The number of hydrogen-bond acceptors (Lipinski definition) is 3. The van der Waals surface area contributed by atoms with Crippen molar-refractivity contribution in [3.05, 3.63) is 71.6 Å². The molecule has 0 saturated carbocycles. The zero-order valence-electron chi connectivity index (χ0n) is 11.8. The van der Waals surface area contributed by atoms with E-state index in [2.05, 4.69) is 24.3 Å². The monoisotopic (exact) mass is 306 g/mol. The lowest BCUT2D eigenvalue weighted by atomic mass is 10.2. The lowest BCUT2D eigenvalue weighted by molar-refractivity contribution is 0.285. The summed E-state index contributed by atoms with van der Waals surface area (Å²) in [5.74, 6) is 0. The fraction of sp³-hybridized carbons (Fsp3) is 0.0556. The van der Waals surface area contributed by atoms with Crippen molar-refractivity contribution in [2.45, 2.75) is 6.61 Å². The average molecular weight is 306 g/mol. The molecule has 2 aromatic heterocycles. The maximum Gasteiger partial charge on any atom is 0.111 e. The second kappa shape index (κ2) is 5.40. The highest BCUT2D eigenvalue weighted by molar-refractivity contribution is 7.15. The molecule has 2 aromatic carbocycles. The molecule has 0 aliphatic carbocycles. The van der Waals surface area contributed by atoms with Crippen LogP contribution in [0.1, 0.15) is 4.88 Å². The SMILES string of the molecule is OCc1ccc(-c2nn(-c3ccccc3)c3ccccc23)s1. The van der Waals surface area contributed by atoms with E-state index in [-0.39, 0.29) is 6.61 Å². The molecule has 0 amide bonds. The maximum atomic E-state index is 9.28. The first-order valence-corrected chi connectivity index (χ1v) is 7.91. The number of aromatic nitrogens is 2. The first-order valence-electron chi connectivity index (χ1n) is 7.10. The third kappa shape index (κ3) is 2.13. The fourth-order valence-electron chi connectivity index (χ4n) is 2.60. The maximum absolute atomic E-state index is 9.28. The van der Waals surface area contributed by atoms with Crippen molar-refractivity contribution in [2.24, 2.45) is 0 Å². The third-order valence-electron chi connectivity index (χ3n) is 3.64. The van der Waals surface area contributed by atoms with Gasteiger partial charge in [-0.1, -0.05) is 36.4 Å². The van der Waals surface area contributed by atoms with Crippen LogP contribution in [0.5, 0.6) is 0 Å². The minimum Gasteiger partial charge on any atom is -0.391 e. The van der Waals surface area contributed by atoms with Crippen LogP contribution in [-0.2, 0) is 6.61 Å². The smallest absolute Gasteiger partial charge is 0.111 e. The van der Waals surface area contributed by atoms with Crippen molar-refractivity contribution in [1.29, 1.82) is 0 Å². The molecule has 0 radical (unpaired) electrons. The Morgan fingerprint density at radius 3 is 2.45 bits per heavy atom. The third-order valence-corrected chi connectivity index (χ3v) is 4.72. The molecule has 1 N–H and O–H groups in total. The number of rotatable bonds is 3. The van der Waals surface area contributed by atoms with Crippen LogP contribution in [0.4, 0.5) is 0 Å². The van der Waals surface area contributed by atoms with Crippen molar-refractivity contribution in [2.75, 3.05) is 0 Å². The Morgan fingerprint density at radius 1 is 0.909 bits per heavy atom. The van der Waals surface area contributed by atoms with E-state index in [1.807, 2.05) is 47.1 Å². The predicted molar refractivity (Wildman–Crippen MR) is 90.3 cm³/mol. The normalized spacial score (nSPS) is 11.1. The molecule has 0 unspecified atom stereocenters. The number of benzene rings is 2. The van der Waals surface area contributed by atoms with Gasteiger partial charge in [-0.15, -0.1) is 11.3 Å². The fourth-order valence-corrected chi connectivity index (χ4v) is 3.47. The van der Waals surface area contributed by atoms with Crippen LogP contribution < -0.4 is 0 Å². The Morgan fingerprint density at radius 2 is 1.68 bits per heavy atom. The number of para-hydroxylation sites is 2. The summed E-state index contributed by atoms with van der Waals surface area (Å²) in [7, 11) is 0. The van der Waals surface area contributed by atoms with Crippen LogP contribution in [0, 0.1) is 0 Å². The zero-order chi connectivity index (χ0) is 14.9. The highest BCUT2D eigenvalue weighted by atomic mass is 32.1. The molecular weight excluding hydrogens is 292 g/mol. The van der Waals surface area contributed by atoms with Crippen LogP contribution in [-0.4, -0.2) is 14.9 Å². The van der Waals surface area contributed by atoms with E-state index in [1.54, 1.807) is 11.3 Å². The van der Waals surface area contributed by atoms with Gasteiger partial charge in [-0.3, -0.25) is 0 Å². The van der Waals surface area contributed by atoms with Gasteiger partial charge in [0.05, 0.1) is 22.7 Å². The van der Waals surface area contributed by atoms with E-state index in [9.17, 15) is 5.11 Å². The average Bonchev–Trinajstić information content (AvgIpc) is 3.20. The second-order valence-corrected chi connectivity index (χ2v) is 6.21. The molecule has 0 aliphatic rings. The Hall–Kier alpha value is -2.43. The lowest BCUT2D eigenvalue weighted by Gasteiger charge is -2.02. The lowest BCUT2D eigenvalue weighted by Crippen LogP contribution is -1.95. The van der Waals surface area contributed by atoms with Crippen molar-refractivity contribution in [3.8, 4) is 16.3 Å². The molecule has 2 heterocycles. The minimum absolute atomic E-state index is 0.0714. The van der Waals surface area contributed by atoms with Crippen molar-refractivity contribution < 1.29 is 5.11 Å². The number of aliphatic hydroxyl groups is 1. The summed E-state index contributed by atoms with van der Waals surface area (Å²) >= 11 is 1.58. The standard InChI is InChI=1S/C18H14N2OS/c21-12-14-10-11-17(22-14)18-15-8-4-5-9-16(15)20(19-18)13-6-2-1-3-7-13/h1-11,21H,12H2. The van der Waals surface area contributed by atoms with Gasteiger partial charge in [0.15, 0.2) is 0 Å². The Kier molecular flexibility index (Phi) is 3.25. The topological polar surface area (TPSA) is 38.1 Å². The number of hydrogen-bond donors (Lipinski definition) is 1. The van der Waals surface area contributed by atoms with Crippen LogP contribution >= 0.6 is 11.3 Å². The van der Waals surface area contributed by atoms with Gasteiger partial charge >= 0.3 is 0 Å². The predicted octanol–water partition coefficient (Wildman–Crippen LogP) is 4.25. The molecule has 108 valence electrons. The summed E-state index contributed by atoms with van der Waals surface area (Å²) in [6.45, 7) is 0.0714. The summed E-state index contributed by atoms with van der Waals surface area (Å²) in [4.78, 5) is 2.03. The molecule has 0 saturated heterocycles. The number of aliphatic hydroxyl groups excluding tert-OH is 1. The molecule has 0 bridgehead atoms. The van der Waals surface area contributed by atoms with E-state index >= 15 is 0 Å². The molecule has 0 fully saturated rings. The van der Waals surface area contributed by atoms with Gasteiger partial charge in [0.1, 0.15) is 5.69 Å². The Labute approximate surface area is 132 Å². The van der Waals surface area contributed by atoms with Crippen LogP contribution in [0.15, 0.2) is 66.7 Å². The van der Waals surface area contributed by atoms with Gasteiger partial charge in [0.2, 0.25) is 0 Å². The number of thiophene rings is 1. The van der Waals surface area contributed by atoms with Gasteiger partial charge in [-0.05, 0) is 30.3 Å². The molecule has 4 heteroatoms. The number of nitrogens with zero attached hydrogens (tertiary/aromatic N) is 2. The van der Waals surface area contributed by atoms with Crippen LogP contribution in [0.25, 0.3) is 27.2 Å². The zero-order valence-corrected chi connectivity index (χ0v) is 12.6. The summed E-state index contributed by atoms with van der Waals surface area (Å²) in [5, 5.41) is 15.2. The largest absolute Gasteiger partial charge is 0.391 e. The van der Waals surface area contributed by atoms with Gasteiger partial charge in [-0.2, -0.15) is 5.10 Å². The van der Waals surface area contributed by atoms with Crippen LogP contribution in [0.2, 0.25) is 0 Å². The molecule has 0 spiro atoms. The van der Waals surface area contributed by atoms with Crippen molar-refractivity contribution in [3.63, 3.8) is 0 Å². The summed E-state index contributed by atoms with van der Waals surface area (Å²) < 4.78 is 1.98. The highest BCUT2D eigenvalue weighted by Gasteiger charge is 2.14. The first-order chi connectivity index (χ1) is 10.9. The van der Waals surface area contributed by atoms with Crippen LogP contribution in [0.3, 0.4) is 0 Å². The highest BCUT2D eigenvalue weighted by Crippen LogP contribution is 2.34. The van der Waals surface area contributed by atoms with Gasteiger partial charge < -0.3 is 5.11 Å². The first kappa shape index (κ1) is 13.2. The van der Waals surface area contributed by atoms with Gasteiger partial charge in [0, 0.05) is 10.3 Å². The summed E-state index contributed by atoms with van der Waals surface area (Å²) in [6.07, 6.45) is 0. The van der Waals surface area contributed by atoms with E-state index < -0.39 is 0 Å². The minimum atomic E-state index is 0.0714. The number of fused-ring (bicyclic) bond motifs is 1. The molecular formula is C18H14N2OS. The Balaban J connectivity index is 1.97. The molecule has 0 aliphatic heterocycles. The second-order valence-electron chi connectivity index (χ2n) is 5.04. The Bertz CT molecular complexity index is 925. The van der Waals surface area contributed by atoms with Gasteiger partial charge in [-0.25, -0.2) is 4.68 Å².